The second-order valence-corrected chi connectivity index (χ2v) is 25.1. The van der Waals surface area contributed by atoms with Crippen LogP contribution in [0.15, 0.2) is 48.5 Å². The molecule has 6 amide bonds. The Hall–Kier alpha value is -4.13. The summed E-state index contributed by atoms with van der Waals surface area (Å²) in [6, 6.07) is 14.8. The van der Waals surface area contributed by atoms with Crippen molar-refractivity contribution >= 4 is 57.2 Å². The van der Waals surface area contributed by atoms with E-state index in [-0.39, 0.29) is 112 Å². The number of aliphatic hydroxyl groups excluding tert-OH is 1. The number of carbonyl (C=O) groups excluding carboxylic acids is 6. The molecule has 2 aromatic carbocycles. The number of rotatable bonds is 24. The Morgan fingerprint density at radius 2 is 1.64 bits per heavy atom. The Morgan fingerprint density at radius 1 is 0.934 bits per heavy atom. The summed E-state index contributed by atoms with van der Waals surface area (Å²) < 4.78 is 24.9. The van der Waals surface area contributed by atoms with Gasteiger partial charge in [0.15, 0.2) is 0 Å². The van der Waals surface area contributed by atoms with E-state index in [0.29, 0.717) is 44.7 Å². The number of benzene rings is 2. The molecular weight excluding hydrogens is 1190 g/mol. The summed E-state index contributed by atoms with van der Waals surface area (Å²) in [6.45, 7) is 9.52. The smallest absolute Gasteiger partial charge is 0.477 e. The maximum Gasteiger partial charge on any atom is 2.00 e. The van der Waals surface area contributed by atoms with Gasteiger partial charge in [-0.15, -0.1) is 23.9 Å². The maximum atomic E-state index is 14.1. The predicted octanol–water partition coefficient (Wildman–Crippen LogP) is 2.62. The van der Waals surface area contributed by atoms with Gasteiger partial charge in [-0.3, -0.25) is 41.1 Å². The Kier molecular flexibility index (Phi) is 24.1. The molecule has 4 heterocycles. The monoisotopic (exact) mass is 1270 g/mol. The number of sulfonamides is 1. The van der Waals surface area contributed by atoms with Crippen LogP contribution >= 0.6 is 11.8 Å². The molecule has 19 nitrogen and oxygen atoms in total. The summed E-state index contributed by atoms with van der Waals surface area (Å²) in [6.07, 6.45) is 8.14. The summed E-state index contributed by atoms with van der Waals surface area (Å²) in [4.78, 5) is 82.6. The first kappa shape index (κ1) is 62.7. The normalized spacial score (nSPS) is 23.7. The first-order valence-electron chi connectivity index (χ1n) is 26.6. The van der Waals surface area contributed by atoms with E-state index in [1.165, 1.54) is 14.8 Å². The van der Waals surface area contributed by atoms with E-state index in [9.17, 15) is 42.3 Å². The van der Waals surface area contributed by atoms with Crippen LogP contribution in [0.5, 0.6) is 0 Å². The van der Waals surface area contributed by atoms with Crippen molar-refractivity contribution in [3.63, 3.8) is 0 Å². The number of thioether (sulfide) groups is 1. The van der Waals surface area contributed by atoms with Crippen molar-refractivity contribution in [1.82, 2.24) is 51.3 Å². The number of carbonyl (C=O) groups is 6. The van der Waals surface area contributed by atoms with Crippen molar-refractivity contribution in [2.75, 3.05) is 58.3 Å². The Balaban J connectivity index is 0.0000107. The van der Waals surface area contributed by atoms with E-state index >= 15 is 0 Å². The molecule has 4 aliphatic heterocycles. The molecule has 6 rings (SSSR count). The summed E-state index contributed by atoms with van der Waals surface area (Å²) in [5, 5.41) is 32.1. The third-order valence-corrected chi connectivity index (χ3v) is 17.1. The molecule has 0 aromatic heterocycles. The Morgan fingerprint density at radius 3 is 2.33 bits per heavy atom. The third-order valence-electron chi connectivity index (χ3n) is 14.7. The summed E-state index contributed by atoms with van der Waals surface area (Å²) >= 11 is 1.59. The predicted molar refractivity (Wildman–Crippen MR) is 291 cm³/mol. The van der Waals surface area contributed by atoms with E-state index in [2.05, 4.69) is 68.5 Å². The molecule has 0 saturated carbocycles. The zero-order valence-corrected chi connectivity index (χ0v) is 49.2. The molecule has 4 saturated heterocycles. The number of nitrogens with zero attached hydrogens (tertiary/aromatic N) is 3. The van der Waals surface area contributed by atoms with Crippen molar-refractivity contribution in [2.24, 2.45) is 11.3 Å². The second-order valence-electron chi connectivity index (χ2n) is 21.9. The molecule has 0 radical (unpaired) electrons. The number of likely N-dealkylation sites (tertiary alicyclic amines) is 1. The van der Waals surface area contributed by atoms with Gasteiger partial charge in [-0.2, -0.15) is 24.1 Å². The number of β-amino-alcohol motifs (C(OH)–C–C–N with tert-alkyl or cyclic N) is 1. The van der Waals surface area contributed by atoms with Gasteiger partial charge in [0.2, 0.25) is 45.5 Å². The van der Waals surface area contributed by atoms with Crippen molar-refractivity contribution in [2.45, 2.75) is 146 Å². The number of nitrogens with one attached hydrogen (secondary N) is 7. The van der Waals surface area contributed by atoms with Gasteiger partial charge < -0.3 is 46.8 Å². The fourth-order valence-electron chi connectivity index (χ4n) is 10.3. The van der Waals surface area contributed by atoms with Crippen molar-refractivity contribution < 1.29 is 62.1 Å². The van der Waals surface area contributed by atoms with E-state index in [1.807, 2.05) is 70.3 Å². The molecule has 0 bridgehead atoms. The molecule has 2 aromatic rings. The van der Waals surface area contributed by atoms with Crippen LogP contribution in [0, 0.1) is 24.8 Å². The van der Waals surface area contributed by atoms with Crippen LogP contribution in [0.4, 0.5) is 0 Å². The average Bonchev–Trinajstić information content (AvgIpc) is 4.16. The van der Waals surface area contributed by atoms with Gasteiger partial charge in [0, 0.05) is 76.9 Å². The number of hydrogen-bond donors (Lipinski definition) is 8. The number of hydrogen-bond acceptors (Lipinski definition) is 13. The Labute approximate surface area is 468 Å². The van der Waals surface area contributed by atoms with Crippen LogP contribution in [0.1, 0.15) is 126 Å². The van der Waals surface area contributed by atoms with E-state index in [4.69, 9.17) is 0 Å². The minimum absolute atomic E-state index is 0. The molecular formula is C54H82N10O9OsS2. The summed E-state index contributed by atoms with van der Waals surface area (Å²) in [5.41, 5.74) is 3.30. The standard InChI is InChI=1S/C54H82N10O9S2.Os/c1-35(55-5)25-36-17-19-37(20-18-36)29-57-51(70)45-28-43(65)33-64(45)52(71)49(54(2,3)4)60-46(66)15-10-8-9-11-16-48(68)62(6)32-42-27-39(21-23-56-42)38-13-12-14-40(26-38)44-34-74-53(59-44)61-47(67)30-58-50(69)41-22-24-63(31-41)75(7,72)73;/h12-14,17-20,25-26,35,39,41-45,49,53,55-56,59,65H,5,8-11,15-16,21-24,27-34H2,1-4,6-7H3,(H,57,70)(H,58,69)(H,60,66)(H,61,67);/q-2;+2/t35?,39?,41?,42?,43-,44?,45+,49-,53?;/m1./s1. The van der Waals surface area contributed by atoms with Crippen molar-refractivity contribution in [3.05, 3.63) is 84.3 Å². The first-order valence-corrected chi connectivity index (χ1v) is 29.5. The molecule has 4 fully saturated rings. The minimum Gasteiger partial charge on any atom is -0.477 e. The van der Waals surface area contributed by atoms with Crippen molar-refractivity contribution in [3.8, 4) is 0 Å². The quantitative estimate of drug-likeness (QED) is 0.0557. The molecule has 0 aliphatic carbocycles. The third kappa shape index (κ3) is 18.8. The van der Waals surface area contributed by atoms with E-state index < -0.39 is 45.5 Å². The SMILES string of the molecule is [CH2-]NC(C)[CH-]c1ccc(CNC(=O)[C@@H]2C[C@@H](O)CN2C(=O)[C@@H](NC(=O)CCCCCCC(=O)N(C)CC2CC(c3cccc(C4CSC(NC(=O)CNC(=O)C5CCN(S(C)(=O)=O)C5)N4)c3)CCN2)C(C)(C)C)cc1.[Os+2]. The van der Waals surface area contributed by atoms with Crippen LogP contribution in [0.3, 0.4) is 0 Å². The van der Waals surface area contributed by atoms with Gasteiger partial charge in [0.05, 0.1) is 24.8 Å². The maximum absolute atomic E-state index is 14.1. The molecule has 22 heteroatoms. The van der Waals surface area contributed by atoms with E-state index in [0.717, 1.165) is 60.9 Å². The number of unbranched alkanes of at least 4 members (excludes halogenated alkanes) is 3. The largest absolute Gasteiger partial charge is 2.00 e. The zero-order chi connectivity index (χ0) is 54.5. The number of piperidine rings is 1. The number of aliphatic hydroxyl groups is 1. The van der Waals surface area contributed by atoms with Gasteiger partial charge in [0.25, 0.3) is 0 Å². The van der Waals surface area contributed by atoms with Gasteiger partial charge in [0.1, 0.15) is 17.6 Å². The number of likely N-dealkylation sites (N-methyl/N-ethyl adjacent to an activating group) is 1. The van der Waals surface area contributed by atoms with Gasteiger partial charge in [-0.1, -0.05) is 76.4 Å². The van der Waals surface area contributed by atoms with Crippen LogP contribution in [-0.4, -0.2) is 157 Å². The fraction of sp³-hybridized carbons (Fsp3) is 0.630. The summed E-state index contributed by atoms with van der Waals surface area (Å²) in [5.74, 6) is -0.997. The Bertz CT molecular complexity index is 2400. The van der Waals surface area contributed by atoms with Gasteiger partial charge in [-0.05, 0) is 61.1 Å². The van der Waals surface area contributed by atoms with Crippen LogP contribution in [0.2, 0.25) is 0 Å². The van der Waals surface area contributed by atoms with Gasteiger partial charge >= 0.3 is 19.8 Å². The summed E-state index contributed by atoms with van der Waals surface area (Å²) in [7, 11) is 2.18. The molecule has 4 aliphatic rings. The number of amides is 6. The second kappa shape index (κ2) is 29.2. The van der Waals surface area contributed by atoms with Crippen LogP contribution in [-0.2, 0) is 65.1 Å². The van der Waals surface area contributed by atoms with Crippen LogP contribution in [0.25, 0.3) is 0 Å². The molecule has 6 unspecified atom stereocenters. The van der Waals surface area contributed by atoms with Gasteiger partial charge in [-0.25, -0.2) is 12.7 Å². The minimum atomic E-state index is -3.36. The molecule has 9 atom stereocenters. The van der Waals surface area contributed by atoms with Crippen LogP contribution < -0.4 is 37.2 Å². The zero-order valence-electron chi connectivity index (χ0n) is 45.1. The van der Waals surface area contributed by atoms with Crippen molar-refractivity contribution in [1.29, 1.82) is 0 Å². The first-order chi connectivity index (χ1) is 35.6. The molecule has 8 N–H and O–H groups in total. The molecule has 0 spiro atoms. The van der Waals surface area contributed by atoms with E-state index in [1.54, 1.807) is 11.8 Å². The molecule has 422 valence electrons. The molecule has 76 heavy (non-hydrogen) atoms. The topological polar surface area (TPSA) is 251 Å². The average molecular weight is 1270 g/mol. The fourth-order valence-corrected chi connectivity index (χ4v) is 12.3.